The van der Waals surface area contributed by atoms with E-state index in [-0.39, 0.29) is 5.91 Å². The highest BCUT2D eigenvalue weighted by Gasteiger charge is 2.16. The molecule has 0 bridgehead atoms. The van der Waals surface area contributed by atoms with Gasteiger partial charge in [-0.3, -0.25) is 9.10 Å². The Hall–Kier alpha value is -2.00. The summed E-state index contributed by atoms with van der Waals surface area (Å²) in [5, 5.41) is 0. The molecule has 0 saturated carbocycles. The van der Waals surface area contributed by atoms with Crippen LogP contribution in [0.1, 0.15) is 12.5 Å². The number of para-hydroxylation sites is 1. The van der Waals surface area contributed by atoms with Gasteiger partial charge in [-0.15, -0.1) is 0 Å². The molecule has 0 fully saturated rings. The van der Waals surface area contributed by atoms with Crippen LogP contribution in [0.15, 0.2) is 72.8 Å². The van der Waals surface area contributed by atoms with Crippen molar-refractivity contribution in [2.24, 2.45) is 0 Å². The molecule has 0 unspecified atom stereocenters. The first-order valence-corrected chi connectivity index (χ1v) is 7.34. The van der Waals surface area contributed by atoms with Crippen molar-refractivity contribution in [2.45, 2.75) is 12.7 Å². The van der Waals surface area contributed by atoms with Crippen LogP contribution in [0, 0.1) is 0 Å². The van der Waals surface area contributed by atoms with Gasteiger partial charge in [-0.25, -0.2) is 0 Å². The van der Waals surface area contributed by atoms with Crippen LogP contribution in [0.5, 0.6) is 0 Å². The van der Waals surface area contributed by atoms with Gasteiger partial charge in [-0.2, -0.15) is 0 Å². The van der Waals surface area contributed by atoms with Gasteiger partial charge in [0.05, 0.1) is 5.69 Å². The fraction of sp³-hybridized carbons (Fsp3) is 0.118. The molecule has 0 saturated heterocycles. The summed E-state index contributed by atoms with van der Waals surface area (Å²) in [6, 6.07) is 19.8. The quantitative estimate of drug-likeness (QED) is 0.597. The number of hydrogen-bond donors (Lipinski definition) is 0. The Bertz CT molecular complexity index is 580. The Kier molecular flexibility index (Phi) is 5.02. The lowest BCUT2D eigenvalue weighted by Gasteiger charge is -2.21. The summed E-state index contributed by atoms with van der Waals surface area (Å²) in [4.78, 5) is 12.3. The summed E-state index contributed by atoms with van der Waals surface area (Å²) in [6.07, 6.45) is 0. The van der Waals surface area contributed by atoms with Crippen LogP contribution in [-0.2, 0) is 10.5 Å². The minimum atomic E-state index is -0.0582. The van der Waals surface area contributed by atoms with E-state index in [9.17, 15) is 4.79 Å². The summed E-state index contributed by atoms with van der Waals surface area (Å²) in [6.45, 7) is 5.49. The molecule has 1 amide bonds. The number of anilines is 1. The van der Waals surface area contributed by atoms with Crippen molar-refractivity contribution in [3.63, 3.8) is 0 Å². The maximum atomic E-state index is 12.3. The normalized spacial score (nSPS) is 10.1. The number of rotatable bonds is 5. The molecule has 0 heterocycles. The summed E-state index contributed by atoms with van der Waals surface area (Å²) in [7, 11) is 0. The van der Waals surface area contributed by atoms with E-state index in [0.29, 0.717) is 5.57 Å². The minimum absolute atomic E-state index is 0.0582. The molecule has 2 aromatic rings. The van der Waals surface area contributed by atoms with Crippen LogP contribution in [-0.4, -0.2) is 5.91 Å². The zero-order valence-corrected chi connectivity index (χ0v) is 12.3. The second-order valence-electron chi connectivity index (χ2n) is 4.47. The summed E-state index contributed by atoms with van der Waals surface area (Å²) < 4.78 is 1.70. The van der Waals surface area contributed by atoms with Gasteiger partial charge in [0.1, 0.15) is 0 Å². The van der Waals surface area contributed by atoms with Gasteiger partial charge < -0.3 is 0 Å². The van der Waals surface area contributed by atoms with E-state index >= 15 is 0 Å². The van der Waals surface area contributed by atoms with Crippen molar-refractivity contribution in [2.75, 3.05) is 4.31 Å². The van der Waals surface area contributed by atoms with E-state index in [1.54, 1.807) is 11.2 Å². The lowest BCUT2D eigenvalue weighted by Crippen LogP contribution is -2.24. The average molecular weight is 283 g/mol. The van der Waals surface area contributed by atoms with E-state index < -0.39 is 0 Å². The fourth-order valence-corrected chi connectivity index (χ4v) is 2.71. The molecule has 0 aromatic heterocycles. The van der Waals surface area contributed by atoms with Crippen molar-refractivity contribution in [1.82, 2.24) is 0 Å². The molecule has 0 N–H and O–H groups in total. The zero-order valence-electron chi connectivity index (χ0n) is 11.5. The first-order valence-electron chi connectivity index (χ1n) is 6.40. The highest BCUT2D eigenvalue weighted by atomic mass is 32.2. The van der Waals surface area contributed by atoms with Crippen LogP contribution in [0.4, 0.5) is 5.69 Å². The average Bonchev–Trinajstić information content (AvgIpc) is 2.49. The Morgan fingerprint density at radius 1 is 1.05 bits per heavy atom. The Morgan fingerprint density at radius 2 is 1.60 bits per heavy atom. The maximum Gasteiger partial charge on any atom is 0.263 e. The molecule has 3 heteroatoms. The van der Waals surface area contributed by atoms with Crippen molar-refractivity contribution >= 4 is 23.5 Å². The number of nitrogens with zero attached hydrogens (tertiary/aromatic N) is 1. The van der Waals surface area contributed by atoms with E-state index in [2.05, 4.69) is 18.7 Å². The highest BCUT2D eigenvalue weighted by Crippen LogP contribution is 2.26. The summed E-state index contributed by atoms with van der Waals surface area (Å²) >= 11 is 1.49. The topological polar surface area (TPSA) is 20.3 Å². The molecule has 0 aliphatic rings. The van der Waals surface area contributed by atoms with Gasteiger partial charge in [0, 0.05) is 11.3 Å². The van der Waals surface area contributed by atoms with Crippen molar-refractivity contribution in [3.8, 4) is 0 Å². The molecule has 2 rings (SSSR count). The standard InChI is InChI=1S/C17H17NOS/c1-14(2)17(19)18(16-11-7-4-8-12-16)20-13-15-9-5-3-6-10-15/h3-12H,1,13H2,2H3. The predicted octanol–water partition coefficient (Wildman–Crippen LogP) is 4.44. The van der Waals surface area contributed by atoms with Gasteiger partial charge in [0.15, 0.2) is 0 Å². The lowest BCUT2D eigenvalue weighted by molar-refractivity contribution is -0.113. The fourth-order valence-electron chi connectivity index (χ4n) is 1.70. The maximum absolute atomic E-state index is 12.3. The molecular weight excluding hydrogens is 266 g/mol. The molecular formula is C17H17NOS. The van der Waals surface area contributed by atoms with Gasteiger partial charge in [0.2, 0.25) is 0 Å². The lowest BCUT2D eigenvalue weighted by atomic mass is 10.2. The van der Waals surface area contributed by atoms with Crippen molar-refractivity contribution in [3.05, 3.63) is 78.4 Å². The second-order valence-corrected chi connectivity index (χ2v) is 5.39. The highest BCUT2D eigenvalue weighted by molar-refractivity contribution is 8.00. The summed E-state index contributed by atoms with van der Waals surface area (Å²) in [5.74, 6) is 0.687. The Labute approximate surface area is 124 Å². The molecule has 0 aliphatic carbocycles. The molecule has 102 valence electrons. The number of benzene rings is 2. The largest absolute Gasteiger partial charge is 0.268 e. The zero-order chi connectivity index (χ0) is 14.4. The van der Waals surface area contributed by atoms with E-state index in [1.165, 1.54) is 17.5 Å². The molecule has 0 radical (unpaired) electrons. The molecule has 0 atom stereocenters. The second kappa shape index (κ2) is 6.96. The van der Waals surface area contributed by atoms with E-state index in [1.807, 2.05) is 48.5 Å². The van der Waals surface area contributed by atoms with E-state index in [0.717, 1.165) is 11.4 Å². The smallest absolute Gasteiger partial charge is 0.263 e. The molecule has 20 heavy (non-hydrogen) atoms. The number of carbonyl (C=O) groups is 1. The third-order valence-corrected chi connectivity index (χ3v) is 3.84. The number of amides is 1. The molecule has 0 aliphatic heterocycles. The van der Waals surface area contributed by atoms with Gasteiger partial charge in [-0.1, -0.05) is 55.1 Å². The Balaban J connectivity index is 2.15. The summed E-state index contributed by atoms with van der Waals surface area (Å²) in [5.41, 5.74) is 2.60. The molecule has 2 nitrogen and oxygen atoms in total. The van der Waals surface area contributed by atoms with Crippen LogP contribution in [0.25, 0.3) is 0 Å². The van der Waals surface area contributed by atoms with Crippen molar-refractivity contribution < 1.29 is 4.79 Å². The van der Waals surface area contributed by atoms with Crippen LogP contribution in [0.3, 0.4) is 0 Å². The first kappa shape index (κ1) is 14.4. The van der Waals surface area contributed by atoms with E-state index in [4.69, 9.17) is 0 Å². The minimum Gasteiger partial charge on any atom is -0.268 e. The van der Waals surface area contributed by atoms with Gasteiger partial charge >= 0.3 is 0 Å². The molecule has 2 aromatic carbocycles. The van der Waals surface area contributed by atoms with Crippen molar-refractivity contribution in [1.29, 1.82) is 0 Å². The van der Waals surface area contributed by atoms with Crippen LogP contribution >= 0.6 is 11.9 Å². The third-order valence-electron chi connectivity index (χ3n) is 2.74. The number of hydrogen-bond acceptors (Lipinski definition) is 2. The number of carbonyl (C=O) groups excluding carboxylic acids is 1. The Morgan fingerprint density at radius 3 is 2.15 bits per heavy atom. The first-order chi connectivity index (χ1) is 9.68. The van der Waals surface area contributed by atoms with Crippen LogP contribution in [0.2, 0.25) is 0 Å². The third kappa shape index (κ3) is 3.75. The monoisotopic (exact) mass is 283 g/mol. The SMILES string of the molecule is C=C(C)C(=O)N(SCc1ccccc1)c1ccccc1. The van der Waals surface area contributed by atoms with Gasteiger partial charge in [0.25, 0.3) is 5.91 Å². The van der Waals surface area contributed by atoms with Gasteiger partial charge in [-0.05, 0) is 36.6 Å². The molecule has 0 spiro atoms. The van der Waals surface area contributed by atoms with Crippen LogP contribution < -0.4 is 4.31 Å². The predicted molar refractivity (Wildman–Crippen MR) is 86.5 cm³/mol.